The first-order chi connectivity index (χ1) is 13.5. The van der Waals surface area contributed by atoms with E-state index in [1.165, 1.54) is 33.8 Å². The van der Waals surface area contributed by atoms with Crippen LogP contribution in [0.25, 0.3) is 20.7 Å². The molecule has 1 radical (unpaired) electrons. The number of thiazole rings is 2. The van der Waals surface area contributed by atoms with Gasteiger partial charge in [-0.1, -0.05) is 31.5 Å². The Kier molecular flexibility index (Phi) is 10.9. The van der Waals surface area contributed by atoms with Gasteiger partial charge in [0.05, 0.1) is 27.1 Å². The first-order valence-corrected chi connectivity index (χ1v) is 11.8. The molecule has 0 aliphatic heterocycles. The molecule has 0 amide bonds. The zero-order chi connectivity index (χ0) is 20.3. The normalized spacial score (nSPS) is 11.0. The molecular weight excluding hydrogens is 561 g/mol. The summed E-state index contributed by atoms with van der Waals surface area (Å²) < 4.78 is 14.1. The van der Waals surface area contributed by atoms with Crippen molar-refractivity contribution in [3.63, 3.8) is 0 Å². The molecule has 0 saturated heterocycles. The van der Waals surface area contributed by atoms with Crippen LogP contribution in [-0.2, 0) is 23.6 Å². The first-order valence-electron chi connectivity index (χ1n) is 8.63. The quantitative estimate of drug-likeness (QED) is 0.320. The van der Waals surface area contributed by atoms with Crippen molar-refractivity contribution in [3.05, 3.63) is 40.2 Å². The topological polar surface area (TPSA) is 92.4 Å². The van der Waals surface area contributed by atoms with Gasteiger partial charge in [-0.05, 0) is 36.4 Å². The van der Waals surface area contributed by atoms with E-state index >= 15 is 0 Å². The molecule has 0 bridgehead atoms. The van der Waals surface area contributed by atoms with Gasteiger partial charge in [0.1, 0.15) is 0 Å². The maximum absolute atomic E-state index is 11.3. The fourth-order valence-electron chi connectivity index (χ4n) is 2.82. The summed E-state index contributed by atoms with van der Waals surface area (Å²) in [6.45, 7) is 6.19. The van der Waals surface area contributed by atoms with Crippen LogP contribution >= 0.6 is 22.7 Å². The Morgan fingerprint density at radius 3 is 2.40 bits per heavy atom. The molecule has 4 rings (SSSR count). The molecule has 30 heavy (non-hydrogen) atoms. The molecule has 0 aromatic carbocycles. The van der Waals surface area contributed by atoms with Crippen molar-refractivity contribution in [3.8, 4) is 6.07 Å². The van der Waals surface area contributed by atoms with Gasteiger partial charge in [0, 0.05) is 59.9 Å². The number of nitriles is 1. The summed E-state index contributed by atoms with van der Waals surface area (Å²) in [5.74, 6) is 0. The van der Waals surface area contributed by atoms with E-state index in [0.29, 0.717) is 15.6 Å². The fourth-order valence-corrected chi connectivity index (χ4v) is 5.47. The van der Waals surface area contributed by atoms with Crippen LogP contribution in [0.5, 0.6) is 0 Å². The van der Waals surface area contributed by atoms with Gasteiger partial charge >= 0.3 is 0 Å². The maximum Gasteiger partial charge on any atom is 0.183 e. The Labute approximate surface area is 215 Å². The smallest absolute Gasteiger partial charge is 0.183 e. The van der Waals surface area contributed by atoms with Crippen molar-refractivity contribution in [2.75, 3.05) is 6.26 Å². The van der Waals surface area contributed by atoms with Crippen molar-refractivity contribution in [1.29, 1.82) is 5.26 Å². The molecule has 0 spiro atoms. The summed E-state index contributed by atoms with van der Waals surface area (Å²) in [6, 6.07) is 2.13. The van der Waals surface area contributed by atoms with E-state index in [-0.39, 0.29) is 43.0 Å². The predicted molar refractivity (Wildman–Crippen MR) is 121 cm³/mol. The number of pyridine rings is 2. The molecule has 1 unspecified atom stereocenters. The maximum atomic E-state index is 11.3. The number of hydrogen-bond acceptors (Lipinski definition) is 8. The average Bonchev–Trinajstić information content (AvgIpc) is 3.34. The number of nitrogens with zero attached hydrogens (tertiary/aromatic N) is 5. The molecule has 4 heterocycles. The van der Waals surface area contributed by atoms with E-state index in [4.69, 9.17) is 5.26 Å². The van der Waals surface area contributed by atoms with Crippen LogP contribution in [-0.4, -0.2) is 30.4 Å². The number of aromatic nitrogens is 4. The summed E-state index contributed by atoms with van der Waals surface area (Å²) in [5, 5.41) is 8.83. The third kappa shape index (κ3) is 5.58. The summed E-state index contributed by atoms with van der Waals surface area (Å²) in [5.41, 5.74) is 8.34. The standard InChI is InChI=1S/C10H12N2OS2.C9H6N3S.CH4.La/c1-4-7-6(2)5-11-9-8(7)14-10(12-9)15(3)13;1-2-7-6(3-10)4-11-9-8(7)13-5-12-9;;/h5H,4H2,1-3H3;4H,2H2,1H3;1H4;/q;-1;;. The minimum atomic E-state index is -1.01. The summed E-state index contributed by atoms with van der Waals surface area (Å²) in [6.07, 6.45) is 6.86. The van der Waals surface area contributed by atoms with Gasteiger partial charge in [0.15, 0.2) is 9.99 Å². The number of hydrogen-bond donors (Lipinski definition) is 0. The molecule has 0 fully saturated rings. The van der Waals surface area contributed by atoms with Gasteiger partial charge in [0.2, 0.25) is 0 Å². The molecular formula is C20H22LaN5OS3-. The fraction of sp³-hybridized carbons (Fsp3) is 0.350. The molecule has 4 aromatic heterocycles. The van der Waals surface area contributed by atoms with Crippen molar-refractivity contribution in [2.24, 2.45) is 0 Å². The van der Waals surface area contributed by atoms with E-state index in [1.54, 1.807) is 12.5 Å². The summed E-state index contributed by atoms with van der Waals surface area (Å²) in [4.78, 5) is 16.6. The Morgan fingerprint density at radius 1 is 1.13 bits per heavy atom. The van der Waals surface area contributed by atoms with E-state index < -0.39 is 10.8 Å². The van der Waals surface area contributed by atoms with Gasteiger partial charge in [0.25, 0.3) is 0 Å². The van der Waals surface area contributed by atoms with Gasteiger partial charge < -0.3 is 9.97 Å². The van der Waals surface area contributed by atoms with Crippen molar-refractivity contribution in [1.82, 2.24) is 19.9 Å². The Bertz CT molecular complexity index is 1210. The van der Waals surface area contributed by atoms with E-state index in [1.807, 2.05) is 20.0 Å². The van der Waals surface area contributed by atoms with Crippen molar-refractivity contribution < 1.29 is 39.8 Å². The van der Waals surface area contributed by atoms with Crippen molar-refractivity contribution >= 4 is 54.2 Å². The zero-order valence-electron chi connectivity index (χ0n) is 16.5. The van der Waals surface area contributed by atoms with Crippen molar-refractivity contribution in [2.45, 2.75) is 45.4 Å². The Morgan fingerprint density at radius 2 is 1.80 bits per heavy atom. The van der Waals surface area contributed by atoms with Crippen LogP contribution in [0.2, 0.25) is 0 Å². The van der Waals surface area contributed by atoms with Crippen LogP contribution in [0, 0.1) is 59.4 Å². The molecule has 0 N–H and O–H groups in total. The molecule has 10 heteroatoms. The van der Waals surface area contributed by atoms with Gasteiger partial charge in [-0.3, -0.25) is 15.5 Å². The third-order valence-corrected chi connectivity index (χ3v) is 7.46. The monoisotopic (exact) mass is 583 g/mol. The minimum absolute atomic E-state index is 0. The zero-order valence-corrected chi connectivity index (χ0v) is 22.6. The second-order valence-electron chi connectivity index (χ2n) is 5.93. The van der Waals surface area contributed by atoms with E-state index in [9.17, 15) is 4.21 Å². The Hall–Kier alpha value is -1.09. The van der Waals surface area contributed by atoms with Crippen LogP contribution in [0.1, 0.15) is 43.5 Å². The molecule has 4 aromatic rings. The largest absolute Gasteiger partial charge is 0.367 e. The second kappa shape index (κ2) is 12.1. The van der Waals surface area contributed by atoms with Gasteiger partial charge in [-0.2, -0.15) is 5.26 Å². The van der Waals surface area contributed by atoms with Gasteiger partial charge in [-0.15, -0.1) is 11.3 Å². The molecule has 0 aliphatic carbocycles. The average molecular weight is 584 g/mol. The van der Waals surface area contributed by atoms with Crippen LogP contribution in [0.4, 0.5) is 0 Å². The van der Waals surface area contributed by atoms with Crippen LogP contribution in [0.3, 0.4) is 0 Å². The molecule has 0 saturated carbocycles. The third-order valence-electron chi connectivity index (χ3n) is 4.21. The Balaban J connectivity index is 0.000000284. The second-order valence-corrected chi connectivity index (χ2v) is 9.28. The summed E-state index contributed by atoms with van der Waals surface area (Å²) in [7, 11) is -1.01. The predicted octanol–water partition coefficient (Wildman–Crippen LogP) is 4.86. The van der Waals surface area contributed by atoms with Crippen LogP contribution < -0.4 is 0 Å². The number of fused-ring (bicyclic) bond motifs is 2. The van der Waals surface area contributed by atoms with E-state index in [0.717, 1.165) is 33.5 Å². The number of rotatable bonds is 3. The SMILES string of the molecule is C.CCc1c(C#N)cnc2n[c-]sc12.CCc1c(C)cnc2nc(S(C)=O)sc12.[La]. The van der Waals surface area contributed by atoms with Gasteiger partial charge in [-0.25, -0.2) is 9.97 Å². The minimum Gasteiger partial charge on any atom is -0.367 e. The number of aryl methyl sites for hydroxylation is 3. The van der Waals surface area contributed by atoms with Crippen LogP contribution in [0.15, 0.2) is 16.7 Å². The molecule has 0 aliphatic rings. The van der Waals surface area contributed by atoms with E-state index in [2.05, 4.69) is 38.4 Å². The molecule has 1 atom stereocenters. The summed E-state index contributed by atoms with van der Waals surface area (Å²) >= 11 is 2.92. The molecule has 155 valence electrons. The molecule has 6 nitrogen and oxygen atoms in total. The first kappa shape index (κ1) is 26.9.